The minimum absolute atomic E-state index is 0.00713. The fraction of sp³-hybridized carbons (Fsp3) is 0.258. The molecule has 260 valence electrons. The number of aryl methyl sites for hydroxylation is 1. The van der Waals surface area contributed by atoms with Gasteiger partial charge in [-0.2, -0.15) is 22.3 Å². The Morgan fingerprint density at radius 1 is 0.898 bits per heavy atom. The van der Waals surface area contributed by atoms with Crippen LogP contribution in [0, 0.1) is 5.82 Å². The van der Waals surface area contributed by atoms with Gasteiger partial charge < -0.3 is 14.9 Å². The van der Waals surface area contributed by atoms with Crippen molar-refractivity contribution in [3.05, 3.63) is 83.9 Å². The van der Waals surface area contributed by atoms with Crippen LogP contribution in [-0.2, 0) is 33.9 Å². The van der Waals surface area contributed by atoms with Gasteiger partial charge in [-0.25, -0.2) is 9.07 Å². The molecule has 0 aliphatic rings. The van der Waals surface area contributed by atoms with Crippen molar-refractivity contribution in [1.29, 1.82) is 0 Å². The minimum Gasteiger partial charge on any atom is -0.406 e. The second-order valence-corrected chi connectivity index (χ2v) is 12.9. The first kappa shape index (κ1) is 35.5. The van der Waals surface area contributed by atoms with E-state index in [4.69, 9.17) is 0 Å². The smallest absolute Gasteiger partial charge is 0.406 e. The van der Waals surface area contributed by atoms with E-state index in [1.807, 2.05) is 0 Å². The molecule has 2 N–H and O–H groups in total. The number of hydrogen-bond acceptors (Lipinski definition) is 9. The van der Waals surface area contributed by atoms with Crippen molar-refractivity contribution < 1.29 is 53.9 Å². The average molecular weight is 712 g/mol. The molecule has 5 aromatic rings. The summed E-state index contributed by atoms with van der Waals surface area (Å²) in [6.45, 7) is 0.891. The van der Waals surface area contributed by atoms with Gasteiger partial charge in [0.1, 0.15) is 27.8 Å². The van der Waals surface area contributed by atoms with Crippen molar-refractivity contribution >= 4 is 10.1 Å². The van der Waals surface area contributed by atoms with Crippen molar-refractivity contribution in [2.24, 2.45) is 7.05 Å². The highest BCUT2D eigenvalue weighted by molar-refractivity contribution is 7.86. The maximum Gasteiger partial charge on any atom is 0.573 e. The first-order valence-corrected chi connectivity index (χ1v) is 15.5. The number of nitrogens with zero attached hydrogens (tertiary/aromatic N) is 5. The van der Waals surface area contributed by atoms with Crippen molar-refractivity contribution in [2.75, 3.05) is 7.11 Å². The number of aromatic nitrogens is 5. The van der Waals surface area contributed by atoms with Crippen molar-refractivity contribution in [3.8, 4) is 45.1 Å². The number of aliphatic hydroxyl groups excluding tert-OH is 1. The first-order chi connectivity index (χ1) is 22.8. The van der Waals surface area contributed by atoms with Crippen LogP contribution < -0.4 is 4.74 Å². The van der Waals surface area contributed by atoms with Gasteiger partial charge in [0.15, 0.2) is 0 Å². The van der Waals surface area contributed by atoms with E-state index in [9.17, 15) is 31.8 Å². The van der Waals surface area contributed by atoms with E-state index in [1.165, 1.54) is 48.3 Å². The molecule has 0 atom stereocenters. The number of ether oxygens (including phenoxy) is 1. The molecule has 0 aliphatic heterocycles. The Morgan fingerprint density at radius 2 is 1.55 bits per heavy atom. The topological polar surface area (TPSA) is 142 Å². The molecule has 49 heavy (non-hydrogen) atoms. The number of hydrogen-bond donors (Lipinski definition) is 2. The standard InChI is InChI=1S/C31H27F6N5O6S/c1-29(2,44)30(33,34)28-14-24(41(3)39-28)21-10-7-18(19-11-23(32)22(16-43)27(13-19)49(45,46)47-4)12-25(21)42-26(15-38-40-42)17-5-8-20(9-6-17)48-31(35,36)37/h5-15,43-44H,16H2,1-4H3. The molecule has 0 saturated carbocycles. The number of benzene rings is 3. The average Bonchev–Trinajstić information content (AvgIpc) is 3.67. The Morgan fingerprint density at radius 3 is 2.14 bits per heavy atom. The van der Waals surface area contributed by atoms with Gasteiger partial charge in [0.05, 0.1) is 37.0 Å². The van der Waals surface area contributed by atoms with Gasteiger partial charge in [-0.3, -0.25) is 8.86 Å². The van der Waals surface area contributed by atoms with E-state index in [0.717, 1.165) is 56.0 Å². The van der Waals surface area contributed by atoms with Gasteiger partial charge >= 0.3 is 12.3 Å². The van der Waals surface area contributed by atoms with Crippen LogP contribution in [0.2, 0.25) is 0 Å². The van der Waals surface area contributed by atoms with E-state index >= 15 is 13.2 Å². The van der Waals surface area contributed by atoms with Crippen LogP contribution in [0.4, 0.5) is 26.3 Å². The van der Waals surface area contributed by atoms with Crippen LogP contribution in [0.5, 0.6) is 5.75 Å². The van der Waals surface area contributed by atoms with Gasteiger partial charge in [-0.05, 0) is 73.5 Å². The lowest BCUT2D eigenvalue weighted by Crippen LogP contribution is -2.40. The fourth-order valence-corrected chi connectivity index (χ4v) is 5.89. The predicted molar refractivity (Wildman–Crippen MR) is 161 cm³/mol. The Balaban J connectivity index is 1.74. The third-order valence-corrected chi connectivity index (χ3v) is 8.88. The molecular weight excluding hydrogens is 684 g/mol. The summed E-state index contributed by atoms with van der Waals surface area (Å²) in [6, 6.07) is 12.2. The predicted octanol–water partition coefficient (Wildman–Crippen LogP) is 5.73. The lowest BCUT2D eigenvalue weighted by atomic mass is 9.96. The number of halogens is 6. The highest BCUT2D eigenvalue weighted by Crippen LogP contribution is 2.41. The molecule has 0 amide bonds. The minimum atomic E-state index is -4.93. The molecule has 18 heteroatoms. The van der Waals surface area contributed by atoms with E-state index in [2.05, 4.69) is 24.3 Å². The lowest BCUT2D eigenvalue weighted by molar-refractivity contribution is -0.274. The Kier molecular flexibility index (Phi) is 9.13. The molecule has 3 aromatic carbocycles. The molecule has 0 saturated heterocycles. The van der Waals surface area contributed by atoms with Gasteiger partial charge in [0.25, 0.3) is 10.1 Å². The zero-order chi connectivity index (χ0) is 36.1. The summed E-state index contributed by atoms with van der Waals surface area (Å²) in [4.78, 5) is -0.633. The number of rotatable bonds is 10. The van der Waals surface area contributed by atoms with Crippen LogP contribution in [-0.4, -0.2) is 62.5 Å². The second-order valence-electron chi connectivity index (χ2n) is 11.2. The molecule has 11 nitrogen and oxygen atoms in total. The van der Waals surface area contributed by atoms with E-state index in [-0.39, 0.29) is 33.8 Å². The quantitative estimate of drug-likeness (QED) is 0.137. The lowest BCUT2D eigenvalue weighted by Gasteiger charge is -2.27. The summed E-state index contributed by atoms with van der Waals surface area (Å²) >= 11 is 0. The third-order valence-electron chi connectivity index (χ3n) is 7.54. The summed E-state index contributed by atoms with van der Waals surface area (Å²) < 4.78 is 120. The summed E-state index contributed by atoms with van der Waals surface area (Å²) in [7, 11) is -2.25. The molecule has 0 unspecified atom stereocenters. The van der Waals surface area contributed by atoms with Crippen molar-refractivity contribution in [2.45, 2.75) is 43.2 Å². The van der Waals surface area contributed by atoms with Crippen LogP contribution >= 0.6 is 0 Å². The van der Waals surface area contributed by atoms with Gasteiger partial charge in [0, 0.05) is 23.7 Å². The normalized spacial score (nSPS) is 12.8. The highest BCUT2D eigenvalue weighted by atomic mass is 32.2. The van der Waals surface area contributed by atoms with Crippen LogP contribution in [0.15, 0.2) is 71.8 Å². The summed E-state index contributed by atoms with van der Waals surface area (Å²) in [6.07, 6.45) is -3.65. The maximum atomic E-state index is 15.2. The molecule has 2 aromatic heterocycles. The van der Waals surface area contributed by atoms with Crippen LogP contribution in [0.1, 0.15) is 25.1 Å². The van der Waals surface area contributed by atoms with Gasteiger partial charge in [-0.1, -0.05) is 17.3 Å². The van der Waals surface area contributed by atoms with Gasteiger partial charge in [0.2, 0.25) is 0 Å². The Labute approximate surface area is 275 Å². The summed E-state index contributed by atoms with van der Waals surface area (Å²) in [5, 5.41) is 31.8. The maximum absolute atomic E-state index is 15.2. The molecule has 0 radical (unpaired) electrons. The molecule has 0 bridgehead atoms. The Bertz CT molecular complexity index is 2120. The second kappa shape index (κ2) is 12.6. The van der Waals surface area contributed by atoms with Crippen LogP contribution in [0.25, 0.3) is 39.3 Å². The first-order valence-electron chi connectivity index (χ1n) is 14.1. The summed E-state index contributed by atoms with van der Waals surface area (Å²) in [5.74, 6) is -5.35. The number of alkyl halides is 5. The third kappa shape index (κ3) is 6.89. The molecule has 5 rings (SSSR count). The zero-order valence-corrected chi connectivity index (χ0v) is 26.8. The fourth-order valence-electron chi connectivity index (χ4n) is 4.97. The molecular formula is C31H27F6N5O6S. The molecule has 2 heterocycles. The molecule has 0 spiro atoms. The van der Waals surface area contributed by atoms with E-state index in [0.29, 0.717) is 5.56 Å². The highest BCUT2D eigenvalue weighted by Gasteiger charge is 2.49. The van der Waals surface area contributed by atoms with E-state index < -0.39 is 62.3 Å². The van der Waals surface area contributed by atoms with Crippen molar-refractivity contribution in [3.63, 3.8) is 0 Å². The Hall–Kier alpha value is -4.78. The monoisotopic (exact) mass is 711 g/mol. The SMILES string of the molecule is COS(=O)(=O)c1cc(-c2ccc(-c3cc(C(F)(F)C(C)(C)O)nn3C)c(-n3nncc3-c3ccc(OC(F)(F)F)cc3)c2)cc(F)c1CO. The van der Waals surface area contributed by atoms with Crippen LogP contribution in [0.3, 0.4) is 0 Å². The summed E-state index contributed by atoms with van der Waals surface area (Å²) in [5.41, 5.74) is -2.65. The molecule has 0 fully saturated rings. The largest absolute Gasteiger partial charge is 0.573 e. The van der Waals surface area contributed by atoms with E-state index in [1.54, 1.807) is 0 Å². The van der Waals surface area contributed by atoms with Gasteiger partial charge in [-0.15, -0.1) is 18.3 Å². The van der Waals surface area contributed by atoms with Crippen molar-refractivity contribution in [1.82, 2.24) is 24.8 Å². The number of aliphatic hydroxyl groups is 2. The molecule has 0 aliphatic carbocycles. The zero-order valence-electron chi connectivity index (χ0n) is 26.0.